The van der Waals surface area contributed by atoms with Gasteiger partial charge in [-0.25, -0.2) is 0 Å². The molecule has 2 aromatic carbocycles. The lowest BCUT2D eigenvalue weighted by molar-refractivity contribution is -0.117. The van der Waals surface area contributed by atoms with Crippen molar-refractivity contribution in [3.8, 4) is 0 Å². The van der Waals surface area contributed by atoms with Crippen LogP contribution in [0.15, 0.2) is 36.4 Å². The molecule has 0 atom stereocenters. The molecule has 120 valence electrons. The second-order valence-corrected chi connectivity index (χ2v) is 6.84. The van der Waals surface area contributed by atoms with Gasteiger partial charge < -0.3 is 16.0 Å². The highest BCUT2D eigenvalue weighted by molar-refractivity contribution is 6.10. The molecule has 0 aromatic heterocycles. The minimum absolute atomic E-state index is 0.0705. The van der Waals surface area contributed by atoms with Crippen LogP contribution in [0.1, 0.15) is 39.9 Å². The van der Waals surface area contributed by atoms with Crippen molar-refractivity contribution in [1.82, 2.24) is 5.32 Å². The van der Waals surface area contributed by atoms with Gasteiger partial charge in [-0.05, 0) is 59.9 Å². The number of benzene rings is 2. The fraction of sp³-hybridized carbons (Fsp3) is 0.263. The second kappa shape index (κ2) is 4.68. The first kappa shape index (κ1) is 13.7. The average molecular weight is 319 g/mol. The van der Waals surface area contributed by atoms with Gasteiger partial charge in [-0.15, -0.1) is 0 Å². The minimum atomic E-state index is -0.370. The van der Waals surface area contributed by atoms with E-state index in [9.17, 15) is 9.59 Å². The van der Waals surface area contributed by atoms with Gasteiger partial charge in [0, 0.05) is 30.0 Å². The van der Waals surface area contributed by atoms with Gasteiger partial charge in [-0.2, -0.15) is 0 Å². The maximum atomic E-state index is 12.6. The maximum absolute atomic E-state index is 12.6. The Hall–Kier alpha value is -2.66. The molecule has 1 aliphatic carbocycles. The molecule has 5 heteroatoms. The number of hydrogen-bond acceptors (Lipinski definition) is 3. The third-order valence-electron chi connectivity index (χ3n) is 5.33. The third kappa shape index (κ3) is 1.91. The summed E-state index contributed by atoms with van der Waals surface area (Å²) >= 11 is 0. The topological polar surface area (TPSA) is 70.2 Å². The molecule has 0 bridgehead atoms. The van der Waals surface area contributed by atoms with Crippen molar-refractivity contribution in [3.05, 3.63) is 58.7 Å². The SMILES string of the molecule is O=C(Nc1ccc2c(c1)CNC2)c1ccc2c(c1)C1(CC1)C(=O)N2. The van der Waals surface area contributed by atoms with E-state index in [4.69, 9.17) is 0 Å². The molecule has 2 heterocycles. The van der Waals surface area contributed by atoms with E-state index >= 15 is 0 Å². The number of rotatable bonds is 2. The number of anilines is 2. The van der Waals surface area contributed by atoms with E-state index in [2.05, 4.69) is 22.0 Å². The van der Waals surface area contributed by atoms with Crippen LogP contribution >= 0.6 is 0 Å². The monoisotopic (exact) mass is 319 g/mol. The van der Waals surface area contributed by atoms with Crippen LogP contribution < -0.4 is 16.0 Å². The van der Waals surface area contributed by atoms with Gasteiger partial charge in [0.15, 0.2) is 0 Å². The van der Waals surface area contributed by atoms with Gasteiger partial charge >= 0.3 is 0 Å². The summed E-state index contributed by atoms with van der Waals surface area (Å²) in [5.74, 6) is -0.0694. The quantitative estimate of drug-likeness (QED) is 0.796. The van der Waals surface area contributed by atoms with E-state index < -0.39 is 0 Å². The zero-order valence-electron chi connectivity index (χ0n) is 13.1. The molecule has 5 nitrogen and oxygen atoms in total. The zero-order valence-corrected chi connectivity index (χ0v) is 13.1. The van der Waals surface area contributed by atoms with Crippen molar-refractivity contribution in [2.45, 2.75) is 31.3 Å². The second-order valence-electron chi connectivity index (χ2n) is 6.84. The Kier molecular flexibility index (Phi) is 2.68. The van der Waals surface area contributed by atoms with Crippen LogP contribution in [0.2, 0.25) is 0 Å². The molecule has 2 aliphatic heterocycles. The average Bonchev–Trinajstić information content (AvgIpc) is 3.18. The first-order valence-electron chi connectivity index (χ1n) is 8.26. The van der Waals surface area contributed by atoms with Crippen LogP contribution in [0.25, 0.3) is 0 Å². The maximum Gasteiger partial charge on any atom is 0.255 e. The number of hydrogen-bond donors (Lipinski definition) is 3. The molecule has 24 heavy (non-hydrogen) atoms. The van der Waals surface area contributed by atoms with Crippen LogP contribution in [0, 0.1) is 0 Å². The summed E-state index contributed by atoms with van der Waals surface area (Å²) in [5.41, 5.74) is 5.36. The van der Waals surface area contributed by atoms with E-state index in [0.717, 1.165) is 42.9 Å². The highest BCUT2D eigenvalue weighted by atomic mass is 16.2. The van der Waals surface area contributed by atoms with Crippen molar-refractivity contribution in [2.75, 3.05) is 10.6 Å². The summed E-state index contributed by atoms with van der Waals surface area (Å²) in [5, 5.41) is 9.18. The zero-order chi connectivity index (χ0) is 16.3. The predicted molar refractivity (Wildman–Crippen MR) is 90.9 cm³/mol. The van der Waals surface area contributed by atoms with Crippen molar-refractivity contribution >= 4 is 23.2 Å². The Morgan fingerprint density at radius 3 is 2.71 bits per heavy atom. The minimum Gasteiger partial charge on any atom is -0.325 e. The normalized spacial score (nSPS) is 18.9. The fourth-order valence-electron chi connectivity index (χ4n) is 3.75. The number of carbonyl (C=O) groups is 2. The molecular formula is C19H17N3O2. The van der Waals surface area contributed by atoms with Crippen molar-refractivity contribution in [3.63, 3.8) is 0 Å². The molecule has 3 aliphatic rings. The van der Waals surface area contributed by atoms with E-state index in [0.29, 0.717) is 5.56 Å². The fourth-order valence-corrected chi connectivity index (χ4v) is 3.75. The summed E-state index contributed by atoms with van der Waals surface area (Å²) in [6, 6.07) is 11.5. The molecule has 0 unspecified atom stereocenters. The molecular weight excluding hydrogens is 302 g/mol. The molecule has 2 aromatic rings. The highest BCUT2D eigenvalue weighted by Gasteiger charge is 2.56. The number of nitrogens with one attached hydrogen (secondary N) is 3. The first-order valence-corrected chi connectivity index (χ1v) is 8.26. The Bertz CT molecular complexity index is 899. The summed E-state index contributed by atoms with van der Waals surface area (Å²) < 4.78 is 0. The molecule has 1 fully saturated rings. The predicted octanol–water partition coefficient (Wildman–Crippen LogP) is 2.53. The molecule has 2 amide bonds. The third-order valence-corrected chi connectivity index (χ3v) is 5.33. The molecule has 0 saturated heterocycles. The number of fused-ring (bicyclic) bond motifs is 3. The Labute approximate surface area is 139 Å². The summed E-state index contributed by atoms with van der Waals surface area (Å²) in [4.78, 5) is 24.7. The number of amides is 2. The standard InChI is InChI=1S/C19H17N3O2/c23-17(21-14-3-1-12-9-20-10-13(12)7-14)11-2-4-16-15(8-11)19(5-6-19)18(24)22-16/h1-4,7-8,20H,5-6,9-10H2,(H,21,23)(H,22,24). The van der Waals surface area contributed by atoms with E-state index in [-0.39, 0.29) is 17.2 Å². The van der Waals surface area contributed by atoms with Gasteiger partial charge in [0.2, 0.25) is 5.91 Å². The number of carbonyl (C=O) groups excluding carboxylic acids is 2. The summed E-state index contributed by atoms with van der Waals surface area (Å²) in [7, 11) is 0. The van der Waals surface area contributed by atoms with Gasteiger partial charge in [-0.1, -0.05) is 6.07 Å². The molecule has 5 rings (SSSR count). The molecule has 3 N–H and O–H groups in total. The summed E-state index contributed by atoms with van der Waals surface area (Å²) in [6.07, 6.45) is 1.74. The van der Waals surface area contributed by atoms with Crippen LogP contribution in [0.5, 0.6) is 0 Å². The van der Waals surface area contributed by atoms with Gasteiger partial charge in [-0.3, -0.25) is 9.59 Å². The van der Waals surface area contributed by atoms with E-state index in [1.165, 1.54) is 11.1 Å². The molecule has 1 saturated carbocycles. The molecule has 1 spiro atoms. The lowest BCUT2D eigenvalue weighted by Crippen LogP contribution is -2.18. The van der Waals surface area contributed by atoms with Crippen molar-refractivity contribution < 1.29 is 9.59 Å². The van der Waals surface area contributed by atoms with Crippen LogP contribution in [-0.4, -0.2) is 11.8 Å². The molecule has 0 radical (unpaired) electrons. The van der Waals surface area contributed by atoms with Crippen LogP contribution in [-0.2, 0) is 23.3 Å². The van der Waals surface area contributed by atoms with Crippen molar-refractivity contribution in [1.29, 1.82) is 0 Å². The lowest BCUT2D eigenvalue weighted by Gasteiger charge is -2.10. The van der Waals surface area contributed by atoms with Crippen molar-refractivity contribution in [2.24, 2.45) is 0 Å². The Morgan fingerprint density at radius 1 is 1.04 bits per heavy atom. The van der Waals surface area contributed by atoms with E-state index in [1.807, 2.05) is 24.3 Å². The van der Waals surface area contributed by atoms with Gasteiger partial charge in [0.05, 0.1) is 5.41 Å². The van der Waals surface area contributed by atoms with Gasteiger partial charge in [0.1, 0.15) is 0 Å². The van der Waals surface area contributed by atoms with Crippen LogP contribution in [0.4, 0.5) is 11.4 Å². The van der Waals surface area contributed by atoms with E-state index in [1.54, 1.807) is 6.07 Å². The summed E-state index contributed by atoms with van der Waals surface area (Å²) in [6.45, 7) is 1.73. The first-order chi connectivity index (χ1) is 11.7. The Morgan fingerprint density at radius 2 is 1.88 bits per heavy atom. The highest BCUT2D eigenvalue weighted by Crippen LogP contribution is 2.55. The smallest absolute Gasteiger partial charge is 0.255 e. The Balaban J connectivity index is 1.42. The van der Waals surface area contributed by atoms with Gasteiger partial charge in [0.25, 0.3) is 5.91 Å². The van der Waals surface area contributed by atoms with Crippen LogP contribution in [0.3, 0.4) is 0 Å². The lowest BCUT2D eigenvalue weighted by atomic mass is 9.96. The largest absolute Gasteiger partial charge is 0.325 e.